The van der Waals surface area contributed by atoms with Crippen LogP contribution in [-0.2, 0) is 0 Å². The minimum atomic E-state index is 0.215. The molecule has 0 amide bonds. The van der Waals surface area contributed by atoms with Gasteiger partial charge in [0, 0.05) is 12.1 Å². The SMILES string of the molecule is CCCN1CCCCC(N)C1c1ccc(OC(C)C)cc1. The topological polar surface area (TPSA) is 38.5 Å². The van der Waals surface area contributed by atoms with Gasteiger partial charge in [0.1, 0.15) is 5.75 Å². The standard InChI is InChI=1S/C18H30N2O/c1-4-12-20-13-6-5-7-17(19)18(20)15-8-10-16(11-9-15)21-14(2)3/h8-11,14,17-18H,4-7,12-13,19H2,1-3H3. The van der Waals surface area contributed by atoms with Gasteiger partial charge in [0.15, 0.2) is 0 Å². The molecule has 0 radical (unpaired) electrons. The molecular formula is C18H30N2O. The molecule has 1 saturated heterocycles. The molecule has 0 bridgehead atoms. The number of nitrogens with zero attached hydrogens (tertiary/aromatic N) is 1. The van der Waals surface area contributed by atoms with Gasteiger partial charge in [-0.25, -0.2) is 0 Å². The maximum Gasteiger partial charge on any atom is 0.119 e. The largest absolute Gasteiger partial charge is 0.491 e. The molecule has 0 aliphatic carbocycles. The molecule has 2 atom stereocenters. The predicted molar refractivity (Wildman–Crippen MR) is 88.6 cm³/mol. The number of rotatable bonds is 5. The highest BCUT2D eigenvalue weighted by molar-refractivity contribution is 5.30. The van der Waals surface area contributed by atoms with Crippen LogP contribution < -0.4 is 10.5 Å². The molecule has 1 aliphatic heterocycles. The zero-order chi connectivity index (χ0) is 15.2. The average molecular weight is 290 g/mol. The van der Waals surface area contributed by atoms with E-state index in [1.807, 2.05) is 0 Å². The average Bonchev–Trinajstić information content (AvgIpc) is 2.62. The van der Waals surface area contributed by atoms with E-state index in [4.69, 9.17) is 10.5 Å². The first-order valence-corrected chi connectivity index (χ1v) is 8.38. The predicted octanol–water partition coefficient (Wildman–Crippen LogP) is 3.74. The lowest BCUT2D eigenvalue weighted by molar-refractivity contribution is 0.185. The highest BCUT2D eigenvalue weighted by Gasteiger charge is 2.28. The summed E-state index contributed by atoms with van der Waals surface area (Å²) >= 11 is 0. The number of hydrogen-bond donors (Lipinski definition) is 1. The Morgan fingerprint density at radius 3 is 2.57 bits per heavy atom. The number of ether oxygens (including phenoxy) is 1. The van der Waals surface area contributed by atoms with Gasteiger partial charge in [-0.05, 0) is 63.9 Å². The molecule has 0 aromatic heterocycles. The fourth-order valence-corrected chi connectivity index (χ4v) is 3.27. The Morgan fingerprint density at radius 1 is 1.24 bits per heavy atom. The summed E-state index contributed by atoms with van der Waals surface area (Å²) in [4.78, 5) is 2.57. The van der Waals surface area contributed by atoms with Crippen molar-refractivity contribution in [2.75, 3.05) is 13.1 Å². The van der Waals surface area contributed by atoms with E-state index in [2.05, 4.69) is 49.9 Å². The van der Waals surface area contributed by atoms with Gasteiger partial charge < -0.3 is 10.5 Å². The van der Waals surface area contributed by atoms with E-state index >= 15 is 0 Å². The van der Waals surface area contributed by atoms with Gasteiger partial charge in [-0.15, -0.1) is 0 Å². The Kier molecular flexibility index (Phi) is 6.07. The second-order valence-electron chi connectivity index (χ2n) is 6.38. The third-order valence-corrected chi connectivity index (χ3v) is 4.14. The maximum absolute atomic E-state index is 6.48. The summed E-state index contributed by atoms with van der Waals surface area (Å²) < 4.78 is 5.74. The van der Waals surface area contributed by atoms with E-state index < -0.39 is 0 Å². The zero-order valence-electron chi connectivity index (χ0n) is 13.7. The normalized spacial score (nSPS) is 24.0. The quantitative estimate of drug-likeness (QED) is 0.898. The van der Waals surface area contributed by atoms with Crippen LogP contribution in [0, 0.1) is 0 Å². The van der Waals surface area contributed by atoms with Crippen molar-refractivity contribution >= 4 is 0 Å². The number of hydrogen-bond acceptors (Lipinski definition) is 3. The first-order chi connectivity index (χ1) is 10.1. The minimum Gasteiger partial charge on any atom is -0.491 e. The summed E-state index contributed by atoms with van der Waals surface area (Å²) in [7, 11) is 0. The lowest BCUT2D eigenvalue weighted by atomic mass is 9.96. The smallest absolute Gasteiger partial charge is 0.119 e. The Morgan fingerprint density at radius 2 is 1.95 bits per heavy atom. The van der Waals surface area contributed by atoms with E-state index in [-0.39, 0.29) is 12.1 Å². The van der Waals surface area contributed by atoms with Crippen molar-refractivity contribution < 1.29 is 4.74 Å². The zero-order valence-corrected chi connectivity index (χ0v) is 13.7. The van der Waals surface area contributed by atoms with Crippen LogP contribution in [-0.4, -0.2) is 30.1 Å². The van der Waals surface area contributed by atoms with Gasteiger partial charge in [0.05, 0.1) is 6.10 Å². The summed E-state index contributed by atoms with van der Waals surface area (Å²) in [6, 6.07) is 9.12. The molecule has 0 saturated carbocycles. The second-order valence-corrected chi connectivity index (χ2v) is 6.38. The summed E-state index contributed by atoms with van der Waals surface area (Å²) in [5.74, 6) is 0.943. The lowest BCUT2D eigenvalue weighted by Gasteiger charge is -2.33. The molecule has 3 nitrogen and oxygen atoms in total. The van der Waals surface area contributed by atoms with E-state index in [1.165, 1.54) is 24.8 Å². The number of benzene rings is 1. The van der Waals surface area contributed by atoms with E-state index in [1.54, 1.807) is 0 Å². The molecule has 2 unspecified atom stereocenters. The van der Waals surface area contributed by atoms with Gasteiger partial charge in [-0.1, -0.05) is 25.5 Å². The molecule has 2 N–H and O–H groups in total. The lowest BCUT2D eigenvalue weighted by Crippen LogP contribution is -2.40. The van der Waals surface area contributed by atoms with Crippen LogP contribution in [0.5, 0.6) is 5.75 Å². The summed E-state index contributed by atoms with van der Waals surface area (Å²) in [6.07, 6.45) is 5.02. The van der Waals surface area contributed by atoms with Crippen molar-refractivity contribution in [1.82, 2.24) is 4.90 Å². The fourth-order valence-electron chi connectivity index (χ4n) is 3.27. The maximum atomic E-state index is 6.48. The first kappa shape index (κ1) is 16.3. The molecule has 2 rings (SSSR count). The second kappa shape index (κ2) is 7.81. The molecule has 1 aromatic carbocycles. The Balaban J connectivity index is 2.18. The molecule has 21 heavy (non-hydrogen) atoms. The van der Waals surface area contributed by atoms with E-state index in [0.717, 1.165) is 25.3 Å². The fraction of sp³-hybridized carbons (Fsp3) is 0.667. The number of likely N-dealkylation sites (tertiary alicyclic amines) is 1. The van der Waals surface area contributed by atoms with Crippen molar-refractivity contribution in [2.45, 2.75) is 64.6 Å². The molecule has 118 valence electrons. The van der Waals surface area contributed by atoms with Gasteiger partial charge in [0.25, 0.3) is 0 Å². The monoisotopic (exact) mass is 290 g/mol. The highest BCUT2D eigenvalue weighted by atomic mass is 16.5. The Hall–Kier alpha value is -1.06. The first-order valence-electron chi connectivity index (χ1n) is 8.38. The van der Waals surface area contributed by atoms with Crippen molar-refractivity contribution in [3.05, 3.63) is 29.8 Å². The summed E-state index contributed by atoms with van der Waals surface area (Å²) in [5, 5.41) is 0. The van der Waals surface area contributed by atoms with Gasteiger partial charge in [0.2, 0.25) is 0 Å². The van der Waals surface area contributed by atoms with Crippen LogP contribution in [0.2, 0.25) is 0 Å². The van der Waals surface area contributed by atoms with Crippen LogP contribution in [0.3, 0.4) is 0 Å². The van der Waals surface area contributed by atoms with E-state index in [0.29, 0.717) is 6.04 Å². The third-order valence-electron chi connectivity index (χ3n) is 4.14. The van der Waals surface area contributed by atoms with Crippen LogP contribution in [0.15, 0.2) is 24.3 Å². The van der Waals surface area contributed by atoms with Crippen molar-refractivity contribution in [1.29, 1.82) is 0 Å². The molecule has 1 aromatic rings. The van der Waals surface area contributed by atoms with Crippen molar-refractivity contribution in [3.8, 4) is 5.75 Å². The van der Waals surface area contributed by atoms with Crippen molar-refractivity contribution in [3.63, 3.8) is 0 Å². The van der Waals surface area contributed by atoms with Crippen LogP contribution >= 0.6 is 0 Å². The molecular weight excluding hydrogens is 260 g/mol. The summed E-state index contributed by atoms with van der Waals surface area (Å²) in [5.41, 5.74) is 7.81. The minimum absolute atomic E-state index is 0.215. The molecule has 3 heteroatoms. The highest BCUT2D eigenvalue weighted by Crippen LogP contribution is 2.30. The van der Waals surface area contributed by atoms with Crippen LogP contribution in [0.25, 0.3) is 0 Å². The van der Waals surface area contributed by atoms with Crippen LogP contribution in [0.1, 0.15) is 58.1 Å². The van der Waals surface area contributed by atoms with Gasteiger partial charge in [-0.3, -0.25) is 4.90 Å². The molecule has 1 aliphatic rings. The van der Waals surface area contributed by atoms with Crippen molar-refractivity contribution in [2.24, 2.45) is 5.73 Å². The van der Waals surface area contributed by atoms with Gasteiger partial charge >= 0.3 is 0 Å². The summed E-state index contributed by atoms with van der Waals surface area (Å²) in [6.45, 7) is 8.64. The van der Waals surface area contributed by atoms with E-state index in [9.17, 15) is 0 Å². The number of nitrogens with two attached hydrogens (primary N) is 1. The molecule has 1 heterocycles. The van der Waals surface area contributed by atoms with Gasteiger partial charge in [-0.2, -0.15) is 0 Å². The Bertz CT molecular complexity index is 416. The molecule has 1 fully saturated rings. The van der Waals surface area contributed by atoms with Crippen LogP contribution in [0.4, 0.5) is 0 Å². The third kappa shape index (κ3) is 4.45. The molecule has 0 spiro atoms. The Labute approximate surface area is 129 Å².